The average Bonchev–Trinajstić information content (AvgIpc) is 3.23. The standard InChI is InChI=1S/C30H34N4O5S/c1-7-32(8-2)24-15-14-23(34(37)38)16-22(24)17-25-28(35)33-27(21-12-10-20(11-13-21)18(4)5)26(29(36)39-9-3)19(6)31-30(33)40-25/h10-18,27H,7-9H2,1-6H3/b25-17-. The fourth-order valence-corrected chi connectivity index (χ4v) is 5.97. The predicted molar refractivity (Wildman–Crippen MR) is 158 cm³/mol. The van der Waals surface area contributed by atoms with E-state index in [2.05, 4.69) is 23.7 Å². The lowest BCUT2D eigenvalue weighted by Gasteiger charge is -2.25. The first-order valence-corrected chi connectivity index (χ1v) is 14.3. The first-order chi connectivity index (χ1) is 19.1. The molecular weight excluding hydrogens is 528 g/mol. The summed E-state index contributed by atoms with van der Waals surface area (Å²) in [6, 6.07) is 11.9. The Kier molecular flexibility index (Phi) is 8.68. The van der Waals surface area contributed by atoms with Gasteiger partial charge in [0, 0.05) is 36.5 Å². The van der Waals surface area contributed by atoms with Gasteiger partial charge in [0.2, 0.25) is 0 Å². The summed E-state index contributed by atoms with van der Waals surface area (Å²) < 4.78 is 7.29. The van der Waals surface area contributed by atoms with E-state index in [4.69, 9.17) is 4.74 Å². The van der Waals surface area contributed by atoms with E-state index in [0.717, 1.165) is 16.8 Å². The molecule has 0 radical (unpaired) electrons. The van der Waals surface area contributed by atoms with Gasteiger partial charge in [-0.05, 0) is 56.9 Å². The molecule has 1 unspecified atom stereocenters. The minimum absolute atomic E-state index is 0.0570. The Morgan fingerprint density at radius 2 is 1.85 bits per heavy atom. The van der Waals surface area contributed by atoms with Crippen molar-refractivity contribution in [3.8, 4) is 0 Å². The van der Waals surface area contributed by atoms with Gasteiger partial charge in [-0.3, -0.25) is 19.5 Å². The van der Waals surface area contributed by atoms with Gasteiger partial charge in [-0.2, -0.15) is 0 Å². The molecule has 0 spiro atoms. The number of benzene rings is 2. The maximum absolute atomic E-state index is 14.0. The molecule has 0 N–H and O–H groups in total. The molecule has 0 amide bonds. The van der Waals surface area contributed by atoms with Crippen LogP contribution in [0.4, 0.5) is 11.4 Å². The number of carbonyl (C=O) groups excluding carboxylic acids is 1. The Bertz CT molecular complexity index is 1650. The third kappa shape index (κ3) is 5.49. The van der Waals surface area contributed by atoms with Gasteiger partial charge in [0.05, 0.1) is 33.4 Å². The van der Waals surface area contributed by atoms with E-state index < -0.39 is 16.9 Å². The number of hydrogen-bond donors (Lipinski definition) is 0. The number of allylic oxidation sites excluding steroid dienone is 1. The lowest BCUT2D eigenvalue weighted by Crippen LogP contribution is -2.40. The number of anilines is 1. The minimum atomic E-state index is -0.717. The molecule has 4 rings (SSSR count). The maximum atomic E-state index is 14.0. The van der Waals surface area contributed by atoms with Crippen LogP contribution in [-0.4, -0.2) is 35.2 Å². The van der Waals surface area contributed by atoms with Gasteiger partial charge < -0.3 is 9.64 Å². The van der Waals surface area contributed by atoms with E-state index >= 15 is 0 Å². The number of hydrogen-bond acceptors (Lipinski definition) is 8. The first-order valence-electron chi connectivity index (χ1n) is 13.4. The molecule has 0 fully saturated rings. The zero-order valence-electron chi connectivity index (χ0n) is 23.6. The van der Waals surface area contributed by atoms with E-state index in [1.807, 2.05) is 38.1 Å². The summed E-state index contributed by atoms with van der Waals surface area (Å²) in [6.45, 7) is 13.3. The van der Waals surface area contributed by atoms with E-state index in [9.17, 15) is 19.7 Å². The highest BCUT2D eigenvalue weighted by Gasteiger charge is 2.33. The number of nitrogens with zero attached hydrogens (tertiary/aromatic N) is 4. The molecule has 1 aromatic heterocycles. The Balaban J connectivity index is 1.97. The number of fused-ring (bicyclic) bond motifs is 1. The topological polar surface area (TPSA) is 107 Å². The van der Waals surface area contributed by atoms with Crippen LogP contribution in [0.5, 0.6) is 0 Å². The summed E-state index contributed by atoms with van der Waals surface area (Å²) in [5.41, 5.74) is 3.71. The summed E-state index contributed by atoms with van der Waals surface area (Å²) in [7, 11) is 0. The van der Waals surface area contributed by atoms with Crippen LogP contribution in [0.2, 0.25) is 0 Å². The molecule has 2 heterocycles. The maximum Gasteiger partial charge on any atom is 0.338 e. The SMILES string of the molecule is CCOC(=O)C1=C(C)N=c2s/c(=C\c3cc([N+](=O)[O-])ccc3N(CC)CC)c(=O)n2C1c1ccc(C(C)C)cc1. The van der Waals surface area contributed by atoms with Crippen molar-refractivity contribution < 1.29 is 14.5 Å². The van der Waals surface area contributed by atoms with Crippen LogP contribution in [0.15, 0.2) is 63.5 Å². The fourth-order valence-electron chi connectivity index (χ4n) is 4.93. The number of esters is 1. The van der Waals surface area contributed by atoms with Crippen LogP contribution in [0.25, 0.3) is 6.08 Å². The van der Waals surface area contributed by atoms with Gasteiger partial charge >= 0.3 is 5.97 Å². The number of nitro groups is 1. The van der Waals surface area contributed by atoms with Gasteiger partial charge in [-0.25, -0.2) is 9.79 Å². The van der Waals surface area contributed by atoms with Crippen molar-refractivity contribution in [2.75, 3.05) is 24.6 Å². The normalized spacial score (nSPS) is 15.2. The van der Waals surface area contributed by atoms with E-state index in [1.165, 1.54) is 28.0 Å². The van der Waals surface area contributed by atoms with Crippen molar-refractivity contribution in [2.45, 2.75) is 53.5 Å². The molecule has 3 aromatic rings. The molecule has 9 nitrogen and oxygen atoms in total. The van der Waals surface area contributed by atoms with Crippen molar-refractivity contribution in [2.24, 2.45) is 4.99 Å². The Morgan fingerprint density at radius 3 is 2.42 bits per heavy atom. The molecular formula is C30H34N4O5S. The van der Waals surface area contributed by atoms with Gasteiger partial charge in [0.15, 0.2) is 4.80 Å². The van der Waals surface area contributed by atoms with Gasteiger partial charge in [0.1, 0.15) is 0 Å². The Hall–Kier alpha value is -4.05. The summed E-state index contributed by atoms with van der Waals surface area (Å²) in [4.78, 5) is 45.4. The molecule has 2 aromatic carbocycles. The largest absolute Gasteiger partial charge is 0.463 e. The van der Waals surface area contributed by atoms with Crippen LogP contribution in [0, 0.1) is 10.1 Å². The van der Waals surface area contributed by atoms with Crippen LogP contribution < -0.4 is 19.8 Å². The smallest absolute Gasteiger partial charge is 0.338 e. The van der Waals surface area contributed by atoms with Gasteiger partial charge in [-0.15, -0.1) is 0 Å². The number of rotatable bonds is 9. The van der Waals surface area contributed by atoms with Gasteiger partial charge in [-0.1, -0.05) is 49.4 Å². The summed E-state index contributed by atoms with van der Waals surface area (Å²) >= 11 is 1.20. The minimum Gasteiger partial charge on any atom is -0.463 e. The number of nitro benzene ring substituents is 1. The number of ether oxygens (including phenoxy) is 1. The van der Waals surface area contributed by atoms with Crippen LogP contribution in [0.1, 0.15) is 70.2 Å². The number of carbonyl (C=O) groups is 1. The Labute approximate surface area is 236 Å². The molecule has 40 heavy (non-hydrogen) atoms. The number of non-ortho nitro benzene ring substituents is 1. The molecule has 1 atom stereocenters. The molecule has 210 valence electrons. The molecule has 1 aliphatic rings. The van der Waals surface area contributed by atoms with Crippen LogP contribution in [0.3, 0.4) is 0 Å². The highest BCUT2D eigenvalue weighted by Crippen LogP contribution is 2.32. The fraction of sp³-hybridized carbons (Fsp3) is 0.367. The summed E-state index contributed by atoms with van der Waals surface area (Å²) in [5.74, 6) is -0.189. The average molecular weight is 563 g/mol. The highest BCUT2D eigenvalue weighted by atomic mass is 32.1. The first kappa shape index (κ1) is 28.9. The Morgan fingerprint density at radius 1 is 1.18 bits per heavy atom. The second kappa shape index (κ2) is 12.0. The molecule has 0 saturated heterocycles. The molecule has 10 heteroatoms. The molecule has 0 saturated carbocycles. The van der Waals surface area contributed by atoms with Crippen LogP contribution >= 0.6 is 11.3 Å². The van der Waals surface area contributed by atoms with Crippen molar-refractivity contribution in [3.63, 3.8) is 0 Å². The van der Waals surface area contributed by atoms with Crippen LogP contribution in [-0.2, 0) is 9.53 Å². The van der Waals surface area contributed by atoms with Crippen molar-refractivity contribution >= 4 is 34.8 Å². The molecule has 0 aliphatic carbocycles. The van der Waals surface area contributed by atoms with E-state index in [-0.39, 0.29) is 17.9 Å². The second-order valence-electron chi connectivity index (χ2n) is 9.80. The van der Waals surface area contributed by atoms with Crippen molar-refractivity contribution in [3.05, 3.63) is 100 Å². The third-order valence-corrected chi connectivity index (χ3v) is 8.03. The van der Waals surface area contributed by atoms with Gasteiger partial charge in [0.25, 0.3) is 11.2 Å². The lowest BCUT2D eigenvalue weighted by atomic mass is 9.93. The third-order valence-electron chi connectivity index (χ3n) is 7.05. The zero-order chi connectivity index (χ0) is 29.1. The molecule has 1 aliphatic heterocycles. The van der Waals surface area contributed by atoms with Crippen molar-refractivity contribution in [1.29, 1.82) is 0 Å². The second-order valence-corrected chi connectivity index (χ2v) is 10.8. The number of thiazole rings is 1. The lowest BCUT2D eigenvalue weighted by molar-refractivity contribution is -0.384. The van der Waals surface area contributed by atoms with Crippen molar-refractivity contribution in [1.82, 2.24) is 4.57 Å². The monoisotopic (exact) mass is 562 g/mol. The predicted octanol–water partition coefficient (Wildman–Crippen LogP) is 4.68. The zero-order valence-corrected chi connectivity index (χ0v) is 24.4. The molecule has 0 bridgehead atoms. The highest BCUT2D eigenvalue weighted by molar-refractivity contribution is 7.07. The van der Waals surface area contributed by atoms with E-state index in [0.29, 0.717) is 45.2 Å². The quantitative estimate of drug-likeness (QED) is 0.213. The summed E-state index contributed by atoms with van der Waals surface area (Å²) in [6.07, 6.45) is 1.69. The summed E-state index contributed by atoms with van der Waals surface area (Å²) in [5, 5.41) is 11.6. The number of aromatic nitrogens is 1. The van der Waals surface area contributed by atoms with E-state index in [1.54, 1.807) is 26.0 Å².